The summed E-state index contributed by atoms with van der Waals surface area (Å²) in [6, 6.07) is 20.0. The summed E-state index contributed by atoms with van der Waals surface area (Å²) >= 11 is 6.15. The summed E-state index contributed by atoms with van der Waals surface area (Å²) in [6.07, 6.45) is 1.59. The molecule has 3 aromatic carbocycles. The van der Waals surface area contributed by atoms with Gasteiger partial charge >= 0.3 is 0 Å². The number of aryl methyl sites for hydroxylation is 1. The van der Waals surface area contributed by atoms with Crippen LogP contribution in [-0.2, 0) is 11.3 Å². The number of fused-ring (bicyclic) bond motifs is 1. The highest BCUT2D eigenvalue weighted by atomic mass is 35.5. The van der Waals surface area contributed by atoms with Gasteiger partial charge in [0.2, 0.25) is 0 Å². The summed E-state index contributed by atoms with van der Waals surface area (Å²) in [5.41, 5.74) is 3.72. The van der Waals surface area contributed by atoms with Gasteiger partial charge in [-0.15, -0.1) is 0 Å². The highest BCUT2D eigenvalue weighted by Crippen LogP contribution is 2.33. The van der Waals surface area contributed by atoms with Gasteiger partial charge in [0.15, 0.2) is 11.5 Å². The number of rotatable bonds is 4. The fraction of sp³-hybridized carbons (Fsp3) is 0.0833. The van der Waals surface area contributed by atoms with Crippen molar-refractivity contribution in [1.29, 1.82) is 0 Å². The van der Waals surface area contributed by atoms with Gasteiger partial charge in [-0.05, 0) is 54.0 Å². The van der Waals surface area contributed by atoms with Gasteiger partial charge in [0.25, 0.3) is 11.8 Å². The van der Waals surface area contributed by atoms with E-state index < -0.39 is 5.91 Å². The molecule has 0 atom stereocenters. The first kappa shape index (κ1) is 19.7. The van der Waals surface area contributed by atoms with Crippen molar-refractivity contribution in [2.75, 3.05) is 5.32 Å². The topological polar surface area (TPSA) is 67.4 Å². The second-order valence-electron chi connectivity index (χ2n) is 6.91. The lowest BCUT2D eigenvalue weighted by Gasteiger charge is -2.20. The Labute approximate surface area is 179 Å². The molecule has 2 amide bonds. The Morgan fingerprint density at radius 2 is 1.87 bits per heavy atom. The fourth-order valence-electron chi connectivity index (χ4n) is 3.12. The molecule has 3 aromatic rings. The van der Waals surface area contributed by atoms with Crippen LogP contribution in [0.15, 0.2) is 72.5 Å². The van der Waals surface area contributed by atoms with Crippen LogP contribution in [0.1, 0.15) is 27.0 Å². The van der Waals surface area contributed by atoms with Crippen LogP contribution in [0.2, 0.25) is 5.02 Å². The predicted molar refractivity (Wildman–Crippen MR) is 117 cm³/mol. The van der Waals surface area contributed by atoms with Crippen molar-refractivity contribution in [1.82, 2.24) is 5.32 Å². The first-order valence-electron chi connectivity index (χ1n) is 9.43. The minimum atomic E-state index is -0.403. The lowest BCUT2D eigenvalue weighted by atomic mass is 10.1. The van der Waals surface area contributed by atoms with Crippen LogP contribution in [0.3, 0.4) is 0 Å². The number of carbonyl (C=O) groups excluding carboxylic acids is 2. The van der Waals surface area contributed by atoms with Crippen LogP contribution >= 0.6 is 11.6 Å². The third kappa shape index (κ3) is 4.21. The van der Waals surface area contributed by atoms with Crippen molar-refractivity contribution in [2.24, 2.45) is 0 Å². The zero-order chi connectivity index (χ0) is 21.1. The first-order chi connectivity index (χ1) is 14.5. The Balaban J connectivity index is 1.50. The second kappa shape index (κ2) is 8.43. The van der Waals surface area contributed by atoms with Gasteiger partial charge in [-0.1, -0.05) is 54.1 Å². The van der Waals surface area contributed by atoms with E-state index in [0.29, 0.717) is 34.1 Å². The molecule has 0 aromatic heterocycles. The quantitative estimate of drug-likeness (QED) is 0.589. The molecule has 150 valence electrons. The summed E-state index contributed by atoms with van der Waals surface area (Å²) in [5.74, 6) is -0.0386. The van der Waals surface area contributed by atoms with E-state index in [9.17, 15) is 9.59 Å². The monoisotopic (exact) mass is 418 g/mol. The number of nitrogens with one attached hydrogen (secondary N) is 2. The van der Waals surface area contributed by atoms with E-state index in [1.807, 2.05) is 43.3 Å². The molecule has 0 spiro atoms. The van der Waals surface area contributed by atoms with E-state index in [-0.39, 0.29) is 11.7 Å². The van der Waals surface area contributed by atoms with Crippen LogP contribution < -0.4 is 15.4 Å². The molecule has 1 heterocycles. The SMILES string of the molecule is Cc1ccccc1CNC(=O)c1ccc2c(c1)NC(=O)/C(=C/c1ccccc1Cl)O2. The van der Waals surface area contributed by atoms with E-state index in [1.165, 1.54) is 0 Å². The Hall–Kier alpha value is -3.57. The summed E-state index contributed by atoms with van der Waals surface area (Å²) < 4.78 is 5.74. The lowest BCUT2D eigenvalue weighted by molar-refractivity contribution is -0.115. The Kier molecular flexibility index (Phi) is 5.55. The molecule has 30 heavy (non-hydrogen) atoms. The van der Waals surface area contributed by atoms with Gasteiger partial charge in [-0.3, -0.25) is 9.59 Å². The second-order valence-corrected chi connectivity index (χ2v) is 7.31. The molecule has 1 aliphatic rings. The van der Waals surface area contributed by atoms with E-state index in [4.69, 9.17) is 16.3 Å². The summed E-state index contributed by atoms with van der Waals surface area (Å²) in [6.45, 7) is 2.43. The highest BCUT2D eigenvalue weighted by Gasteiger charge is 2.23. The molecule has 6 heteroatoms. The van der Waals surface area contributed by atoms with Crippen molar-refractivity contribution < 1.29 is 14.3 Å². The Morgan fingerprint density at radius 1 is 1.10 bits per heavy atom. The molecule has 4 rings (SSSR count). The van der Waals surface area contributed by atoms with Gasteiger partial charge in [0.1, 0.15) is 0 Å². The summed E-state index contributed by atoms with van der Waals surface area (Å²) in [5, 5.41) is 6.20. The maximum absolute atomic E-state index is 12.5. The van der Waals surface area contributed by atoms with Gasteiger partial charge in [0, 0.05) is 17.1 Å². The number of carbonyl (C=O) groups is 2. The molecule has 0 aliphatic carbocycles. The smallest absolute Gasteiger partial charge is 0.291 e. The van der Waals surface area contributed by atoms with Crippen molar-refractivity contribution >= 4 is 35.2 Å². The van der Waals surface area contributed by atoms with E-state index >= 15 is 0 Å². The standard InChI is InChI=1S/C24H19ClN2O3/c1-15-6-2-3-8-18(15)14-26-23(28)17-10-11-21-20(12-17)27-24(29)22(30-21)13-16-7-4-5-9-19(16)25/h2-13H,14H2,1H3,(H,26,28)(H,27,29)/b22-13-. The van der Waals surface area contributed by atoms with Crippen LogP contribution in [0.25, 0.3) is 6.08 Å². The van der Waals surface area contributed by atoms with Crippen molar-refractivity contribution in [3.8, 4) is 5.75 Å². The molecule has 2 N–H and O–H groups in total. The Morgan fingerprint density at radius 3 is 2.67 bits per heavy atom. The van der Waals surface area contributed by atoms with Gasteiger partial charge in [-0.25, -0.2) is 0 Å². The van der Waals surface area contributed by atoms with Crippen LogP contribution in [0, 0.1) is 6.92 Å². The van der Waals surface area contributed by atoms with E-state index in [2.05, 4.69) is 10.6 Å². The average Bonchev–Trinajstić information content (AvgIpc) is 2.74. The zero-order valence-electron chi connectivity index (χ0n) is 16.2. The van der Waals surface area contributed by atoms with Crippen LogP contribution in [0.4, 0.5) is 5.69 Å². The number of anilines is 1. The lowest BCUT2D eigenvalue weighted by Crippen LogP contribution is -2.26. The maximum Gasteiger partial charge on any atom is 0.291 e. The number of ether oxygens (including phenoxy) is 1. The van der Waals surface area contributed by atoms with E-state index in [1.54, 1.807) is 36.4 Å². The van der Waals surface area contributed by atoms with Crippen LogP contribution in [-0.4, -0.2) is 11.8 Å². The third-order valence-electron chi connectivity index (χ3n) is 4.83. The maximum atomic E-state index is 12.5. The van der Waals surface area contributed by atoms with Crippen molar-refractivity contribution in [2.45, 2.75) is 13.5 Å². The van der Waals surface area contributed by atoms with Crippen molar-refractivity contribution in [3.63, 3.8) is 0 Å². The molecule has 0 bridgehead atoms. The number of hydrogen-bond donors (Lipinski definition) is 2. The molecular formula is C24H19ClN2O3. The number of benzene rings is 3. The number of halogens is 1. The first-order valence-corrected chi connectivity index (χ1v) is 9.81. The molecule has 0 saturated heterocycles. The van der Waals surface area contributed by atoms with Gasteiger partial charge < -0.3 is 15.4 Å². The molecule has 0 radical (unpaired) electrons. The van der Waals surface area contributed by atoms with Gasteiger partial charge in [0.05, 0.1) is 5.69 Å². The molecular weight excluding hydrogens is 400 g/mol. The highest BCUT2D eigenvalue weighted by molar-refractivity contribution is 6.32. The van der Waals surface area contributed by atoms with Gasteiger partial charge in [-0.2, -0.15) is 0 Å². The normalized spacial score (nSPS) is 13.9. The third-order valence-corrected chi connectivity index (χ3v) is 5.17. The minimum Gasteiger partial charge on any atom is -0.449 e. The van der Waals surface area contributed by atoms with E-state index in [0.717, 1.165) is 11.1 Å². The minimum absolute atomic E-state index is 0.132. The molecule has 0 saturated carbocycles. The predicted octanol–water partition coefficient (Wildman–Crippen LogP) is 4.95. The zero-order valence-corrected chi connectivity index (χ0v) is 17.0. The molecule has 1 aliphatic heterocycles. The Bertz CT molecular complexity index is 1170. The molecule has 0 unspecified atom stereocenters. The number of hydrogen-bond acceptors (Lipinski definition) is 3. The summed E-state index contributed by atoms with van der Waals surface area (Å²) in [4.78, 5) is 25.0. The fourth-order valence-corrected chi connectivity index (χ4v) is 3.31. The van der Waals surface area contributed by atoms with Crippen molar-refractivity contribution in [3.05, 3.63) is 99.8 Å². The largest absolute Gasteiger partial charge is 0.449 e. The average molecular weight is 419 g/mol. The molecule has 0 fully saturated rings. The summed E-state index contributed by atoms with van der Waals surface area (Å²) in [7, 11) is 0. The molecule has 5 nitrogen and oxygen atoms in total. The number of amides is 2. The van der Waals surface area contributed by atoms with Crippen LogP contribution in [0.5, 0.6) is 5.75 Å².